The molecule has 1 saturated heterocycles. The largest absolute Gasteiger partial charge is 0.488 e. The van der Waals surface area contributed by atoms with Crippen LogP contribution in [0.25, 0.3) is 0 Å². The van der Waals surface area contributed by atoms with Gasteiger partial charge in [0.25, 0.3) is 5.91 Å². The quantitative estimate of drug-likeness (QED) is 0.581. The molecule has 1 unspecified atom stereocenters. The molecule has 0 aromatic heterocycles. The lowest BCUT2D eigenvalue weighted by Gasteiger charge is -2.27. The average Bonchev–Trinajstić information content (AvgIpc) is 3.21. The topological polar surface area (TPSA) is 88.2 Å². The molecule has 0 bridgehead atoms. The lowest BCUT2D eigenvalue weighted by atomic mass is 9.93. The van der Waals surface area contributed by atoms with Gasteiger partial charge in [0.2, 0.25) is 11.8 Å². The van der Waals surface area contributed by atoms with E-state index in [4.69, 9.17) is 17.3 Å². The van der Waals surface area contributed by atoms with E-state index in [1.807, 2.05) is 0 Å². The van der Waals surface area contributed by atoms with Crippen LogP contribution in [0.3, 0.4) is 0 Å². The van der Waals surface area contributed by atoms with Crippen LogP contribution in [0, 0.1) is 5.82 Å². The van der Waals surface area contributed by atoms with E-state index in [2.05, 4.69) is 10.2 Å². The van der Waals surface area contributed by atoms with Crippen LogP contribution >= 0.6 is 0 Å². The maximum atomic E-state index is 15.2. The molecule has 2 radical (unpaired) electrons. The number of morpholine rings is 1. The van der Waals surface area contributed by atoms with E-state index < -0.39 is 23.7 Å². The van der Waals surface area contributed by atoms with E-state index in [1.54, 1.807) is 43.3 Å². The van der Waals surface area contributed by atoms with Crippen molar-refractivity contribution in [2.24, 2.45) is 0 Å². The van der Waals surface area contributed by atoms with Gasteiger partial charge in [-0.25, -0.2) is 4.39 Å². The lowest BCUT2D eigenvalue weighted by molar-refractivity contribution is -0.131. The van der Waals surface area contributed by atoms with E-state index in [0.717, 1.165) is 13.1 Å². The molecule has 2 aliphatic heterocycles. The van der Waals surface area contributed by atoms with Gasteiger partial charge in [0.15, 0.2) is 0 Å². The number of nitrogens with zero attached hydrogens (tertiary/aromatic N) is 2. The molecule has 0 spiro atoms. The Morgan fingerprint density at radius 3 is 2.63 bits per heavy atom. The number of hydrogen-bond acceptors (Lipinski definition) is 6. The Bertz CT molecular complexity index is 1120. The van der Waals surface area contributed by atoms with Gasteiger partial charge in [-0.15, -0.1) is 0 Å². The van der Waals surface area contributed by atoms with Crippen LogP contribution in [0.4, 0.5) is 4.39 Å². The minimum absolute atomic E-state index is 0.0228. The van der Waals surface area contributed by atoms with Crippen LogP contribution < -0.4 is 10.1 Å². The van der Waals surface area contributed by atoms with Crippen molar-refractivity contribution in [3.63, 3.8) is 0 Å². The van der Waals surface area contributed by atoms with Gasteiger partial charge in [-0.1, -0.05) is 31.2 Å². The molecule has 1 fully saturated rings. The van der Waals surface area contributed by atoms with Crippen molar-refractivity contribution in [2.45, 2.75) is 39.0 Å². The first-order chi connectivity index (χ1) is 16.9. The van der Waals surface area contributed by atoms with E-state index in [9.17, 15) is 14.4 Å². The summed E-state index contributed by atoms with van der Waals surface area (Å²) < 4.78 is 26.5. The van der Waals surface area contributed by atoms with Crippen LogP contribution in [-0.2, 0) is 34.0 Å². The van der Waals surface area contributed by atoms with Crippen LogP contribution in [-0.4, -0.2) is 67.6 Å². The van der Waals surface area contributed by atoms with Crippen molar-refractivity contribution < 1.29 is 28.2 Å². The first-order valence-electron chi connectivity index (χ1n) is 11.6. The second-order valence-electron chi connectivity index (χ2n) is 8.49. The van der Waals surface area contributed by atoms with Gasteiger partial charge in [0.1, 0.15) is 26.0 Å². The number of carbonyl (C=O) groups is 3. The monoisotopic (exact) mass is 479 g/mol. The number of halogens is 1. The summed E-state index contributed by atoms with van der Waals surface area (Å²) in [5.74, 6) is -2.89. The fourth-order valence-electron chi connectivity index (χ4n) is 4.15. The smallest absolute Gasteiger partial charge is 0.254 e. The number of rotatable bonds is 8. The number of amides is 3. The van der Waals surface area contributed by atoms with Crippen molar-refractivity contribution >= 4 is 25.6 Å². The van der Waals surface area contributed by atoms with Crippen molar-refractivity contribution in [2.75, 3.05) is 26.3 Å². The fourth-order valence-corrected chi connectivity index (χ4v) is 4.15. The molecular formula is C25H27BFN3O5. The normalized spacial score (nSPS) is 16.6. The van der Waals surface area contributed by atoms with E-state index in [-0.39, 0.29) is 25.4 Å². The second-order valence-corrected chi connectivity index (χ2v) is 8.49. The number of ether oxygens (including phenoxy) is 2. The SMILES string of the molecule is [B]C(C(=O)NC(=O)CC)N1Cc2c(OCc3cccc(CN4CCOCC4)c3F)cccc2C1=O. The summed E-state index contributed by atoms with van der Waals surface area (Å²) >= 11 is 0. The number of nitrogens with one attached hydrogen (secondary N) is 1. The van der Waals surface area contributed by atoms with Crippen LogP contribution in [0.2, 0.25) is 0 Å². The molecule has 10 heteroatoms. The zero-order chi connectivity index (χ0) is 24.9. The number of benzene rings is 2. The Labute approximate surface area is 204 Å². The van der Waals surface area contributed by atoms with Gasteiger partial charge >= 0.3 is 0 Å². The number of hydrogen-bond donors (Lipinski definition) is 1. The fraction of sp³-hybridized carbons (Fsp3) is 0.400. The van der Waals surface area contributed by atoms with Gasteiger partial charge in [-0.05, 0) is 12.1 Å². The Kier molecular flexibility index (Phi) is 7.82. The highest BCUT2D eigenvalue weighted by Crippen LogP contribution is 2.32. The van der Waals surface area contributed by atoms with E-state index in [1.165, 1.54) is 4.90 Å². The number of fused-ring (bicyclic) bond motifs is 1. The average molecular weight is 479 g/mol. The summed E-state index contributed by atoms with van der Waals surface area (Å²) in [5, 5.41) is 2.18. The maximum Gasteiger partial charge on any atom is 0.254 e. The maximum absolute atomic E-state index is 15.2. The van der Waals surface area contributed by atoms with Crippen LogP contribution in [0.15, 0.2) is 36.4 Å². The molecule has 1 atom stereocenters. The van der Waals surface area contributed by atoms with Crippen molar-refractivity contribution in [1.29, 1.82) is 0 Å². The molecule has 2 aliphatic rings. The predicted molar refractivity (Wildman–Crippen MR) is 126 cm³/mol. The molecule has 0 aliphatic carbocycles. The Balaban J connectivity index is 1.45. The summed E-state index contributed by atoms with van der Waals surface area (Å²) in [6.45, 7) is 4.91. The third kappa shape index (κ3) is 5.54. The summed E-state index contributed by atoms with van der Waals surface area (Å²) in [5.41, 5.74) is 1.91. The minimum Gasteiger partial charge on any atom is -0.488 e. The van der Waals surface area contributed by atoms with E-state index >= 15 is 4.39 Å². The predicted octanol–water partition coefficient (Wildman–Crippen LogP) is 1.74. The summed E-state index contributed by atoms with van der Waals surface area (Å²) in [4.78, 5) is 40.0. The number of carbonyl (C=O) groups excluding carboxylic acids is 3. The van der Waals surface area contributed by atoms with Gasteiger partial charge in [0, 0.05) is 48.3 Å². The summed E-state index contributed by atoms with van der Waals surface area (Å²) in [6, 6.07) is 10.2. The highest BCUT2D eigenvalue weighted by molar-refractivity contribution is 6.27. The standard InChI is InChI=1S/C25H27BFN3O5/c1-2-21(31)28-24(32)23(26)30-14-19-18(25(30)33)7-4-8-20(19)35-15-17-6-3-5-16(22(17)27)13-29-9-11-34-12-10-29/h3-8,23H,2,9-15H2,1H3,(H,28,31,32). The highest BCUT2D eigenvalue weighted by Gasteiger charge is 2.35. The molecule has 8 nitrogen and oxygen atoms in total. The van der Waals surface area contributed by atoms with Crippen LogP contribution in [0.5, 0.6) is 5.75 Å². The first kappa shape index (κ1) is 24.9. The third-order valence-corrected chi connectivity index (χ3v) is 6.18. The van der Waals surface area contributed by atoms with Crippen molar-refractivity contribution in [1.82, 2.24) is 15.1 Å². The summed E-state index contributed by atoms with van der Waals surface area (Å²) in [6.07, 6.45) is 0.120. The minimum atomic E-state index is -1.33. The zero-order valence-corrected chi connectivity index (χ0v) is 19.6. The zero-order valence-electron chi connectivity index (χ0n) is 19.6. The lowest BCUT2D eigenvalue weighted by Crippen LogP contribution is -2.49. The van der Waals surface area contributed by atoms with Gasteiger partial charge in [-0.2, -0.15) is 0 Å². The summed E-state index contributed by atoms with van der Waals surface area (Å²) in [7, 11) is 5.96. The Morgan fingerprint density at radius 1 is 1.17 bits per heavy atom. The molecule has 3 amide bonds. The Morgan fingerprint density at radius 2 is 1.89 bits per heavy atom. The number of imide groups is 1. The van der Waals surface area contributed by atoms with E-state index in [0.29, 0.717) is 47.8 Å². The van der Waals surface area contributed by atoms with Crippen molar-refractivity contribution in [3.05, 3.63) is 64.5 Å². The van der Waals surface area contributed by atoms with Gasteiger partial charge in [-0.3, -0.25) is 24.6 Å². The van der Waals surface area contributed by atoms with Crippen LogP contribution in [0.1, 0.15) is 40.4 Å². The molecule has 2 aromatic carbocycles. The molecule has 182 valence electrons. The molecule has 0 saturated carbocycles. The highest BCUT2D eigenvalue weighted by atomic mass is 19.1. The molecule has 2 aromatic rings. The molecule has 4 rings (SSSR count). The van der Waals surface area contributed by atoms with Gasteiger partial charge < -0.3 is 14.4 Å². The molecule has 2 heterocycles. The Hall–Kier alpha value is -3.24. The molecule has 1 N–H and O–H groups in total. The molecular weight excluding hydrogens is 452 g/mol. The van der Waals surface area contributed by atoms with Crippen molar-refractivity contribution in [3.8, 4) is 5.75 Å². The third-order valence-electron chi connectivity index (χ3n) is 6.18. The second kappa shape index (κ2) is 11.0. The first-order valence-corrected chi connectivity index (χ1v) is 11.6. The molecule has 35 heavy (non-hydrogen) atoms. The van der Waals surface area contributed by atoms with Gasteiger partial charge in [0.05, 0.1) is 25.7 Å².